The molecule has 0 bridgehead atoms. The SMILES string of the molecule is CSC(CO)C(C)NS(=O)(=O)c1ccc(Br)c(C)c1. The molecule has 0 radical (unpaired) electrons. The van der Waals surface area contributed by atoms with Crippen molar-refractivity contribution in [1.29, 1.82) is 0 Å². The van der Waals surface area contributed by atoms with Crippen molar-refractivity contribution in [3.63, 3.8) is 0 Å². The van der Waals surface area contributed by atoms with E-state index in [9.17, 15) is 13.5 Å². The van der Waals surface area contributed by atoms with Gasteiger partial charge >= 0.3 is 0 Å². The largest absolute Gasteiger partial charge is 0.395 e. The third-order valence-corrected chi connectivity index (χ3v) is 6.43. The Morgan fingerprint density at radius 3 is 2.58 bits per heavy atom. The van der Waals surface area contributed by atoms with Crippen LogP contribution in [0.1, 0.15) is 12.5 Å². The van der Waals surface area contributed by atoms with Gasteiger partial charge in [-0.25, -0.2) is 13.1 Å². The lowest BCUT2D eigenvalue weighted by atomic mass is 10.2. The molecule has 2 atom stereocenters. The third-order valence-electron chi connectivity index (χ3n) is 2.82. The Morgan fingerprint density at radius 1 is 1.47 bits per heavy atom. The van der Waals surface area contributed by atoms with E-state index in [-0.39, 0.29) is 22.8 Å². The average Bonchev–Trinajstić information content (AvgIpc) is 2.33. The number of benzene rings is 1. The van der Waals surface area contributed by atoms with Crippen molar-refractivity contribution >= 4 is 37.7 Å². The van der Waals surface area contributed by atoms with Gasteiger partial charge in [0.25, 0.3) is 0 Å². The molecule has 0 aliphatic rings. The normalized spacial score (nSPS) is 15.2. The maximum Gasteiger partial charge on any atom is 0.240 e. The smallest absolute Gasteiger partial charge is 0.240 e. The maximum absolute atomic E-state index is 12.2. The van der Waals surface area contributed by atoms with E-state index in [4.69, 9.17) is 0 Å². The molecule has 1 aromatic carbocycles. The average molecular weight is 368 g/mol. The van der Waals surface area contributed by atoms with Gasteiger partial charge in [0.15, 0.2) is 0 Å². The number of hydrogen-bond acceptors (Lipinski definition) is 4. The Bertz CT molecular complexity index is 530. The highest BCUT2D eigenvalue weighted by Gasteiger charge is 2.23. The Kier molecular flexibility index (Phi) is 6.32. The number of halogens is 1. The fourth-order valence-electron chi connectivity index (χ4n) is 1.61. The molecule has 0 saturated carbocycles. The van der Waals surface area contributed by atoms with Crippen LogP contribution in [-0.2, 0) is 10.0 Å². The van der Waals surface area contributed by atoms with Crippen molar-refractivity contribution in [2.24, 2.45) is 0 Å². The van der Waals surface area contributed by atoms with E-state index >= 15 is 0 Å². The van der Waals surface area contributed by atoms with Gasteiger partial charge in [0.05, 0.1) is 11.5 Å². The van der Waals surface area contributed by atoms with Crippen LogP contribution in [0.25, 0.3) is 0 Å². The highest BCUT2D eigenvalue weighted by molar-refractivity contribution is 9.10. The first kappa shape index (κ1) is 17.0. The lowest BCUT2D eigenvalue weighted by Crippen LogP contribution is -2.41. The summed E-state index contributed by atoms with van der Waals surface area (Å²) < 4.78 is 27.9. The van der Waals surface area contributed by atoms with E-state index in [2.05, 4.69) is 20.7 Å². The summed E-state index contributed by atoms with van der Waals surface area (Å²) in [5.41, 5.74) is 0.860. The highest BCUT2D eigenvalue weighted by Crippen LogP contribution is 2.21. The number of aliphatic hydroxyl groups excluding tert-OH is 1. The van der Waals surface area contributed by atoms with E-state index in [1.807, 2.05) is 13.2 Å². The van der Waals surface area contributed by atoms with Gasteiger partial charge in [-0.1, -0.05) is 15.9 Å². The van der Waals surface area contributed by atoms with Gasteiger partial charge in [-0.05, 0) is 43.9 Å². The second-order valence-electron chi connectivity index (χ2n) is 4.28. The molecule has 2 unspecified atom stereocenters. The lowest BCUT2D eigenvalue weighted by Gasteiger charge is -2.21. The van der Waals surface area contributed by atoms with Crippen LogP contribution in [0.5, 0.6) is 0 Å². The number of rotatable bonds is 6. The Labute approximate surface area is 127 Å². The molecule has 0 aromatic heterocycles. The number of hydrogen-bond donors (Lipinski definition) is 2. The number of aryl methyl sites for hydroxylation is 1. The van der Waals surface area contributed by atoms with Gasteiger partial charge in [-0.3, -0.25) is 0 Å². The van der Waals surface area contributed by atoms with Gasteiger partial charge in [0, 0.05) is 15.8 Å². The Balaban J connectivity index is 2.95. The lowest BCUT2D eigenvalue weighted by molar-refractivity contribution is 0.282. The summed E-state index contributed by atoms with van der Waals surface area (Å²) in [6, 6.07) is 4.55. The molecule has 0 heterocycles. The molecule has 7 heteroatoms. The highest BCUT2D eigenvalue weighted by atomic mass is 79.9. The van der Waals surface area contributed by atoms with Crippen molar-refractivity contribution in [2.75, 3.05) is 12.9 Å². The summed E-state index contributed by atoms with van der Waals surface area (Å²) in [7, 11) is -3.56. The quantitative estimate of drug-likeness (QED) is 0.808. The molecule has 0 amide bonds. The number of nitrogens with one attached hydrogen (secondary N) is 1. The molecule has 0 spiro atoms. The number of sulfonamides is 1. The maximum atomic E-state index is 12.2. The molecule has 0 saturated heterocycles. The molecular weight excluding hydrogens is 350 g/mol. The number of thioether (sulfide) groups is 1. The molecule has 108 valence electrons. The third kappa shape index (κ3) is 4.46. The van der Waals surface area contributed by atoms with Crippen molar-refractivity contribution in [2.45, 2.75) is 30.0 Å². The predicted molar refractivity (Wildman–Crippen MR) is 83.1 cm³/mol. The topological polar surface area (TPSA) is 66.4 Å². The van der Waals surface area contributed by atoms with Gasteiger partial charge in [-0.2, -0.15) is 11.8 Å². The summed E-state index contributed by atoms with van der Waals surface area (Å²) in [4.78, 5) is 0.234. The fraction of sp³-hybridized carbons (Fsp3) is 0.500. The van der Waals surface area contributed by atoms with E-state index in [0.717, 1.165) is 10.0 Å². The zero-order valence-electron chi connectivity index (χ0n) is 11.1. The first-order valence-corrected chi connectivity index (χ1v) is 9.30. The molecule has 0 aliphatic carbocycles. The van der Waals surface area contributed by atoms with Crippen LogP contribution < -0.4 is 4.72 Å². The molecule has 1 aromatic rings. The summed E-state index contributed by atoms with van der Waals surface area (Å²) in [5, 5.41) is 9.02. The molecule has 19 heavy (non-hydrogen) atoms. The summed E-state index contributed by atoms with van der Waals surface area (Å²) >= 11 is 4.78. The van der Waals surface area contributed by atoms with Crippen LogP contribution in [0.2, 0.25) is 0 Å². The van der Waals surface area contributed by atoms with Crippen LogP contribution in [0.15, 0.2) is 27.6 Å². The first-order valence-electron chi connectivity index (χ1n) is 5.74. The minimum absolute atomic E-state index is 0.0653. The van der Waals surface area contributed by atoms with E-state index in [1.54, 1.807) is 25.1 Å². The molecule has 0 aliphatic heterocycles. The van der Waals surface area contributed by atoms with E-state index in [0.29, 0.717) is 0 Å². The summed E-state index contributed by atoms with van der Waals surface area (Å²) in [5.74, 6) is 0. The Morgan fingerprint density at radius 2 is 2.11 bits per heavy atom. The second kappa shape index (κ2) is 7.08. The van der Waals surface area contributed by atoms with Crippen molar-refractivity contribution in [3.8, 4) is 0 Å². The molecule has 0 fully saturated rings. The zero-order chi connectivity index (χ0) is 14.6. The minimum Gasteiger partial charge on any atom is -0.395 e. The molecule has 1 rings (SSSR count). The monoisotopic (exact) mass is 367 g/mol. The molecular formula is C12H18BrNO3S2. The van der Waals surface area contributed by atoms with Crippen molar-refractivity contribution in [1.82, 2.24) is 4.72 Å². The Hall–Kier alpha value is -0.0800. The van der Waals surface area contributed by atoms with Gasteiger partial charge in [0.2, 0.25) is 10.0 Å². The van der Waals surface area contributed by atoms with E-state index < -0.39 is 10.0 Å². The molecule has 2 N–H and O–H groups in total. The van der Waals surface area contributed by atoms with Gasteiger partial charge in [0.1, 0.15) is 0 Å². The van der Waals surface area contributed by atoms with E-state index in [1.165, 1.54) is 11.8 Å². The van der Waals surface area contributed by atoms with Crippen molar-refractivity contribution < 1.29 is 13.5 Å². The standard InChI is InChI=1S/C12H18BrNO3S2/c1-8-6-10(4-5-11(8)13)19(16,17)14-9(2)12(7-15)18-3/h4-6,9,12,14-15H,7H2,1-3H3. The van der Waals surface area contributed by atoms with Crippen LogP contribution in [0, 0.1) is 6.92 Å². The van der Waals surface area contributed by atoms with Crippen LogP contribution in [0.3, 0.4) is 0 Å². The minimum atomic E-state index is -3.56. The van der Waals surface area contributed by atoms with Gasteiger partial charge in [-0.15, -0.1) is 0 Å². The van der Waals surface area contributed by atoms with Crippen LogP contribution >= 0.6 is 27.7 Å². The number of aliphatic hydroxyl groups is 1. The first-order chi connectivity index (χ1) is 8.81. The van der Waals surface area contributed by atoms with Crippen LogP contribution in [-0.4, -0.2) is 37.7 Å². The molecule has 4 nitrogen and oxygen atoms in total. The predicted octanol–water partition coefficient (Wildman–Crippen LogP) is 2.15. The van der Waals surface area contributed by atoms with Gasteiger partial charge < -0.3 is 5.11 Å². The van der Waals surface area contributed by atoms with Crippen LogP contribution in [0.4, 0.5) is 0 Å². The zero-order valence-corrected chi connectivity index (χ0v) is 14.3. The summed E-state index contributed by atoms with van der Waals surface area (Å²) in [6.45, 7) is 3.52. The summed E-state index contributed by atoms with van der Waals surface area (Å²) in [6.07, 6.45) is 1.84. The fourth-order valence-corrected chi connectivity index (χ4v) is 3.94. The van der Waals surface area contributed by atoms with Crippen molar-refractivity contribution in [3.05, 3.63) is 28.2 Å². The second-order valence-corrected chi connectivity index (χ2v) is 7.92.